The maximum absolute atomic E-state index is 12.4. The van der Waals surface area contributed by atoms with E-state index in [-0.39, 0.29) is 5.75 Å². The predicted octanol–water partition coefficient (Wildman–Crippen LogP) is 4.94. The first-order chi connectivity index (χ1) is 16.3. The number of halogens is 3. The van der Waals surface area contributed by atoms with Crippen LogP contribution in [0.15, 0.2) is 30.3 Å². The summed E-state index contributed by atoms with van der Waals surface area (Å²) >= 11 is 0. The lowest BCUT2D eigenvalue weighted by atomic mass is 9.71. The van der Waals surface area contributed by atoms with Crippen LogP contribution in [0.1, 0.15) is 44.2 Å². The molecule has 0 aliphatic carbocycles. The van der Waals surface area contributed by atoms with E-state index in [4.69, 9.17) is 9.84 Å². The molecule has 0 saturated carbocycles. The molecule has 3 aliphatic rings. The summed E-state index contributed by atoms with van der Waals surface area (Å²) in [5, 5.41) is 4.77. The summed E-state index contributed by atoms with van der Waals surface area (Å²) in [5.41, 5.74) is 2.11. The number of nitrogens with zero attached hydrogens (tertiary/aromatic N) is 4. The molecule has 1 aromatic carbocycles. The standard InChI is InChI=1S/C25H33F3N4O2/c1-19-18-23(29-32(19)21-2-4-22(5-3-21)34-25(26,27)28)31-14-10-24(11-15-31)8-12-30(13-9-24)20-6-16-33-17-7-20/h2-5,18,20H,6-17H2,1H3. The van der Waals surface area contributed by atoms with E-state index >= 15 is 0 Å². The summed E-state index contributed by atoms with van der Waals surface area (Å²) in [7, 11) is 0. The number of ether oxygens (including phenoxy) is 2. The van der Waals surface area contributed by atoms with Crippen LogP contribution in [0.4, 0.5) is 19.0 Å². The zero-order valence-corrected chi connectivity index (χ0v) is 19.7. The largest absolute Gasteiger partial charge is 0.573 e. The quantitative estimate of drug-likeness (QED) is 0.623. The highest BCUT2D eigenvalue weighted by Gasteiger charge is 2.39. The van der Waals surface area contributed by atoms with Crippen molar-refractivity contribution in [1.29, 1.82) is 0 Å². The van der Waals surface area contributed by atoms with E-state index in [0.717, 1.165) is 37.8 Å². The molecular weight excluding hydrogens is 445 g/mol. The maximum Gasteiger partial charge on any atom is 0.573 e. The van der Waals surface area contributed by atoms with Crippen LogP contribution < -0.4 is 9.64 Å². The van der Waals surface area contributed by atoms with E-state index in [0.29, 0.717) is 17.1 Å². The second-order valence-electron chi connectivity index (χ2n) is 9.96. The molecule has 186 valence electrons. The zero-order valence-electron chi connectivity index (χ0n) is 19.7. The van der Waals surface area contributed by atoms with Crippen molar-refractivity contribution in [2.24, 2.45) is 5.41 Å². The van der Waals surface area contributed by atoms with E-state index in [9.17, 15) is 13.2 Å². The van der Waals surface area contributed by atoms with Crippen LogP contribution in [-0.2, 0) is 4.74 Å². The monoisotopic (exact) mass is 478 g/mol. The molecule has 4 heterocycles. The fourth-order valence-corrected chi connectivity index (χ4v) is 5.79. The summed E-state index contributed by atoms with van der Waals surface area (Å²) in [4.78, 5) is 5.04. The molecule has 2 aromatic rings. The Morgan fingerprint density at radius 2 is 1.59 bits per heavy atom. The van der Waals surface area contributed by atoms with Crippen LogP contribution >= 0.6 is 0 Å². The third-order valence-corrected chi connectivity index (χ3v) is 7.90. The van der Waals surface area contributed by atoms with Gasteiger partial charge in [0.25, 0.3) is 0 Å². The maximum atomic E-state index is 12.4. The van der Waals surface area contributed by atoms with Crippen LogP contribution in [-0.4, -0.2) is 66.5 Å². The first-order valence-corrected chi connectivity index (χ1v) is 12.3. The summed E-state index contributed by atoms with van der Waals surface area (Å²) in [5.74, 6) is 0.702. The minimum atomic E-state index is -4.69. The second kappa shape index (κ2) is 9.41. The number of benzene rings is 1. The number of rotatable bonds is 4. The summed E-state index contributed by atoms with van der Waals surface area (Å²) < 4.78 is 48.6. The molecule has 0 amide bonds. The van der Waals surface area contributed by atoms with Gasteiger partial charge >= 0.3 is 6.36 Å². The molecule has 3 aliphatic heterocycles. The molecule has 6 nitrogen and oxygen atoms in total. The molecule has 3 fully saturated rings. The van der Waals surface area contributed by atoms with Gasteiger partial charge in [0.05, 0.1) is 5.69 Å². The lowest BCUT2D eigenvalue weighted by molar-refractivity contribution is -0.274. The highest BCUT2D eigenvalue weighted by Crippen LogP contribution is 2.43. The molecule has 1 aromatic heterocycles. The number of aryl methyl sites for hydroxylation is 1. The molecule has 0 atom stereocenters. The number of aromatic nitrogens is 2. The van der Waals surface area contributed by atoms with E-state index in [1.54, 1.807) is 16.8 Å². The van der Waals surface area contributed by atoms with Gasteiger partial charge in [-0.05, 0) is 88.2 Å². The Hall–Kier alpha value is -2.26. The van der Waals surface area contributed by atoms with E-state index in [1.807, 2.05) is 6.92 Å². The van der Waals surface area contributed by atoms with E-state index in [2.05, 4.69) is 20.6 Å². The molecule has 5 rings (SSSR count). The van der Waals surface area contributed by atoms with Crippen LogP contribution in [0.3, 0.4) is 0 Å². The van der Waals surface area contributed by atoms with Crippen LogP contribution in [0.25, 0.3) is 5.69 Å². The Labute approximate surface area is 198 Å². The molecule has 0 unspecified atom stereocenters. The number of piperidine rings is 2. The van der Waals surface area contributed by atoms with Crippen molar-refractivity contribution in [3.63, 3.8) is 0 Å². The SMILES string of the molecule is Cc1cc(N2CCC3(CC2)CCN(C2CCOCC2)CC3)nn1-c1ccc(OC(F)(F)F)cc1. The zero-order chi connectivity index (χ0) is 23.8. The molecule has 1 spiro atoms. The van der Waals surface area contributed by atoms with Crippen molar-refractivity contribution in [3.8, 4) is 11.4 Å². The van der Waals surface area contributed by atoms with Gasteiger partial charge in [-0.2, -0.15) is 5.10 Å². The molecule has 9 heteroatoms. The fourth-order valence-electron chi connectivity index (χ4n) is 5.79. The molecule has 0 N–H and O–H groups in total. The molecule has 0 bridgehead atoms. The van der Waals surface area contributed by atoms with Crippen molar-refractivity contribution in [2.45, 2.75) is 57.9 Å². The van der Waals surface area contributed by atoms with Gasteiger partial charge in [-0.15, -0.1) is 13.2 Å². The van der Waals surface area contributed by atoms with Crippen LogP contribution in [0, 0.1) is 12.3 Å². The summed E-state index contributed by atoms with van der Waals surface area (Å²) in [6.45, 7) is 8.16. The van der Waals surface area contributed by atoms with Crippen molar-refractivity contribution in [3.05, 3.63) is 36.0 Å². The Morgan fingerprint density at radius 3 is 2.21 bits per heavy atom. The first-order valence-electron chi connectivity index (χ1n) is 12.3. The minimum absolute atomic E-state index is 0.231. The lowest BCUT2D eigenvalue weighted by Crippen LogP contribution is -2.50. The van der Waals surface area contributed by atoms with Crippen molar-refractivity contribution < 1.29 is 22.6 Å². The van der Waals surface area contributed by atoms with Gasteiger partial charge in [0.1, 0.15) is 5.75 Å². The van der Waals surface area contributed by atoms with Crippen LogP contribution in [0.5, 0.6) is 5.75 Å². The number of anilines is 1. The van der Waals surface area contributed by atoms with Gasteiger partial charge in [0.2, 0.25) is 0 Å². The second-order valence-corrected chi connectivity index (χ2v) is 9.96. The summed E-state index contributed by atoms with van der Waals surface area (Å²) in [6.07, 6.45) is 2.56. The van der Waals surface area contributed by atoms with Crippen LogP contribution in [0.2, 0.25) is 0 Å². The highest BCUT2D eigenvalue weighted by atomic mass is 19.4. The topological polar surface area (TPSA) is 42.8 Å². The van der Waals surface area contributed by atoms with Gasteiger partial charge < -0.3 is 19.3 Å². The number of likely N-dealkylation sites (tertiary alicyclic amines) is 1. The van der Waals surface area contributed by atoms with Gasteiger partial charge in [0.15, 0.2) is 5.82 Å². The minimum Gasteiger partial charge on any atom is -0.406 e. The van der Waals surface area contributed by atoms with E-state index < -0.39 is 6.36 Å². The molecular formula is C25H33F3N4O2. The number of hydrogen-bond acceptors (Lipinski definition) is 5. The van der Waals surface area contributed by atoms with Crippen molar-refractivity contribution >= 4 is 5.82 Å². The Balaban J connectivity index is 1.18. The van der Waals surface area contributed by atoms with Gasteiger partial charge in [-0.25, -0.2) is 4.68 Å². The normalized spacial score (nSPS) is 22.3. The van der Waals surface area contributed by atoms with E-state index in [1.165, 1.54) is 63.7 Å². The lowest BCUT2D eigenvalue weighted by Gasteiger charge is -2.49. The third kappa shape index (κ3) is 5.20. The number of hydrogen-bond donors (Lipinski definition) is 0. The highest BCUT2D eigenvalue weighted by molar-refractivity contribution is 5.45. The smallest absolute Gasteiger partial charge is 0.406 e. The van der Waals surface area contributed by atoms with Crippen molar-refractivity contribution in [1.82, 2.24) is 14.7 Å². The summed E-state index contributed by atoms with van der Waals surface area (Å²) in [6, 6.07) is 8.60. The number of alkyl halides is 3. The average molecular weight is 479 g/mol. The Bertz CT molecular complexity index is 952. The van der Waals surface area contributed by atoms with Gasteiger partial charge in [-0.3, -0.25) is 0 Å². The average Bonchev–Trinajstić information content (AvgIpc) is 3.22. The van der Waals surface area contributed by atoms with Crippen molar-refractivity contribution in [2.75, 3.05) is 44.3 Å². The third-order valence-electron chi connectivity index (χ3n) is 7.90. The molecule has 3 saturated heterocycles. The Kier molecular flexibility index (Phi) is 6.50. The Morgan fingerprint density at radius 1 is 0.971 bits per heavy atom. The van der Waals surface area contributed by atoms with Gasteiger partial charge in [-0.1, -0.05) is 0 Å². The predicted molar refractivity (Wildman–Crippen MR) is 124 cm³/mol. The first kappa shape index (κ1) is 23.5. The fraction of sp³-hybridized carbons (Fsp3) is 0.640. The molecule has 34 heavy (non-hydrogen) atoms. The molecule has 0 radical (unpaired) electrons. The van der Waals surface area contributed by atoms with Gasteiger partial charge in [0, 0.05) is 44.1 Å².